The number of sulfonamides is 1. The van der Waals surface area contributed by atoms with Crippen LogP contribution in [0.15, 0.2) is 36.4 Å². The van der Waals surface area contributed by atoms with Crippen molar-refractivity contribution in [3.05, 3.63) is 47.0 Å². The van der Waals surface area contributed by atoms with Crippen LogP contribution in [0.3, 0.4) is 0 Å². The molecule has 2 rings (SSSR count). The summed E-state index contributed by atoms with van der Waals surface area (Å²) >= 11 is 6.18. The number of methoxy groups -OCH3 is 2. The molecule has 1 N–H and O–H groups in total. The van der Waals surface area contributed by atoms with E-state index in [0.717, 1.165) is 16.1 Å². The van der Waals surface area contributed by atoms with E-state index in [9.17, 15) is 13.2 Å². The molecule has 0 spiro atoms. The molecule has 0 aromatic heterocycles. The van der Waals surface area contributed by atoms with Crippen LogP contribution in [0, 0.1) is 6.92 Å². The second-order valence-corrected chi connectivity index (χ2v) is 8.74. The number of halogens is 1. The van der Waals surface area contributed by atoms with Crippen molar-refractivity contribution < 1.29 is 22.7 Å². The number of benzene rings is 2. The van der Waals surface area contributed by atoms with Crippen LogP contribution in [0.2, 0.25) is 5.02 Å². The quantitative estimate of drug-likeness (QED) is 0.673. The number of rotatable bonds is 8. The van der Waals surface area contributed by atoms with Crippen LogP contribution in [-0.4, -0.2) is 40.8 Å². The molecule has 2 aromatic carbocycles. The predicted octanol–water partition coefficient (Wildman–Crippen LogP) is 3.85. The summed E-state index contributed by atoms with van der Waals surface area (Å²) in [5, 5.41) is 3.18. The summed E-state index contributed by atoms with van der Waals surface area (Å²) in [5.74, 6) is 0.495. The maximum Gasteiger partial charge on any atom is 0.248 e. The fraction of sp³-hybridized carbons (Fsp3) is 0.350. The normalized spacial score (nSPS) is 12.2. The lowest BCUT2D eigenvalue weighted by Crippen LogP contribution is -2.47. The number of anilines is 2. The average Bonchev–Trinajstić information content (AvgIpc) is 2.67. The predicted molar refractivity (Wildman–Crippen MR) is 116 cm³/mol. The molecule has 0 unspecified atom stereocenters. The largest absolute Gasteiger partial charge is 0.493 e. The Balaban J connectivity index is 2.39. The molecule has 0 heterocycles. The van der Waals surface area contributed by atoms with Gasteiger partial charge in [0, 0.05) is 16.8 Å². The fourth-order valence-corrected chi connectivity index (χ4v) is 4.30. The first-order valence-corrected chi connectivity index (χ1v) is 11.1. The molecule has 0 aliphatic rings. The van der Waals surface area contributed by atoms with Gasteiger partial charge in [-0.25, -0.2) is 8.42 Å². The number of nitrogens with zero attached hydrogens (tertiary/aromatic N) is 1. The lowest BCUT2D eigenvalue weighted by atomic mass is 10.1. The van der Waals surface area contributed by atoms with Crippen molar-refractivity contribution in [1.29, 1.82) is 0 Å². The van der Waals surface area contributed by atoms with Gasteiger partial charge >= 0.3 is 0 Å². The summed E-state index contributed by atoms with van der Waals surface area (Å²) in [4.78, 5) is 13.0. The smallest absolute Gasteiger partial charge is 0.248 e. The third-order valence-electron chi connectivity index (χ3n) is 4.39. The van der Waals surface area contributed by atoms with E-state index in [2.05, 4.69) is 5.32 Å². The molecule has 0 aliphatic heterocycles. The Morgan fingerprint density at radius 1 is 1.14 bits per heavy atom. The fourth-order valence-electron chi connectivity index (χ4n) is 2.92. The number of carbonyl (C=O) groups is 1. The highest BCUT2D eigenvalue weighted by Gasteiger charge is 2.32. The van der Waals surface area contributed by atoms with Gasteiger partial charge in [-0.05, 0) is 43.2 Å². The molecule has 0 saturated carbocycles. The molecule has 2 aromatic rings. The van der Waals surface area contributed by atoms with Crippen molar-refractivity contribution in [2.75, 3.05) is 30.1 Å². The zero-order valence-electron chi connectivity index (χ0n) is 17.0. The Morgan fingerprint density at radius 3 is 2.31 bits per heavy atom. The van der Waals surface area contributed by atoms with Gasteiger partial charge in [-0.15, -0.1) is 0 Å². The number of aryl methyl sites for hydroxylation is 1. The zero-order chi connectivity index (χ0) is 21.8. The van der Waals surface area contributed by atoms with Gasteiger partial charge in [0.1, 0.15) is 6.04 Å². The Kier molecular flexibility index (Phi) is 7.37. The van der Waals surface area contributed by atoms with E-state index in [0.29, 0.717) is 27.9 Å². The van der Waals surface area contributed by atoms with Crippen LogP contribution in [0.5, 0.6) is 11.5 Å². The first-order valence-electron chi connectivity index (χ1n) is 8.90. The second-order valence-electron chi connectivity index (χ2n) is 6.48. The minimum atomic E-state index is -3.75. The summed E-state index contributed by atoms with van der Waals surface area (Å²) in [6.45, 7) is 3.56. The van der Waals surface area contributed by atoms with Gasteiger partial charge in [-0.1, -0.05) is 24.6 Å². The maximum absolute atomic E-state index is 13.0. The molecule has 29 heavy (non-hydrogen) atoms. The Labute approximate surface area is 176 Å². The van der Waals surface area contributed by atoms with Gasteiger partial charge in [0.25, 0.3) is 0 Å². The standard InChI is InChI=1S/C20H25ClN2O5S/c1-6-17(20(24)22-14-8-10-18(27-3)19(11-14)28-4)23(29(5,25)26)15-9-7-13(2)16(21)12-15/h7-12,17H,6H2,1-5H3,(H,22,24)/t17-/m0/s1. The van der Waals surface area contributed by atoms with Crippen molar-refractivity contribution in [3.8, 4) is 11.5 Å². The average molecular weight is 441 g/mol. The van der Waals surface area contributed by atoms with E-state index in [1.165, 1.54) is 14.2 Å². The van der Waals surface area contributed by atoms with Gasteiger partial charge < -0.3 is 14.8 Å². The van der Waals surface area contributed by atoms with Crippen LogP contribution in [0.4, 0.5) is 11.4 Å². The molecule has 9 heteroatoms. The van der Waals surface area contributed by atoms with Crippen molar-refractivity contribution >= 4 is 38.9 Å². The van der Waals surface area contributed by atoms with E-state index in [1.807, 2.05) is 6.92 Å². The van der Waals surface area contributed by atoms with Crippen LogP contribution in [0.1, 0.15) is 18.9 Å². The zero-order valence-corrected chi connectivity index (χ0v) is 18.6. The third kappa shape index (κ3) is 5.33. The van der Waals surface area contributed by atoms with Gasteiger partial charge in [0.05, 0.1) is 26.2 Å². The Hall–Kier alpha value is -2.45. The molecule has 0 radical (unpaired) electrons. The van der Waals surface area contributed by atoms with Crippen LogP contribution < -0.4 is 19.1 Å². The molecule has 0 aliphatic carbocycles. The minimum Gasteiger partial charge on any atom is -0.493 e. The summed E-state index contributed by atoms with van der Waals surface area (Å²) in [5.41, 5.74) is 1.60. The van der Waals surface area contributed by atoms with Crippen LogP contribution >= 0.6 is 11.6 Å². The molecule has 0 fully saturated rings. The van der Waals surface area contributed by atoms with E-state index in [1.54, 1.807) is 43.3 Å². The first-order chi connectivity index (χ1) is 13.6. The summed E-state index contributed by atoms with van der Waals surface area (Å²) in [7, 11) is -0.746. The molecule has 1 atom stereocenters. The molecule has 1 amide bonds. The molecule has 0 saturated heterocycles. The number of hydrogen-bond donors (Lipinski definition) is 1. The van der Waals surface area contributed by atoms with E-state index < -0.39 is 22.0 Å². The molecular formula is C20H25ClN2O5S. The topological polar surface area (TPSA) is 84.9 Å². The van der Waals surface area contributed by atoms with Gasteiger partial charge in [0.2, 0.25) is 15.9 Å². The summed E-state index contributed by atoms with van der Waals surface area (Å²) < 4.78 is 36.6. The number of hydrogen-bond acceptors (Lipinski definition) is 5. The van der Waals surface area contributed by atoms with E-state index in [-0.39, 0.29) is 6.42 Å². The van der Waals surface area contributed by atoms with Crippen LogP contribution in [-0.2, 0) is 14.8 Å². The highest BCUT2D eigenvalue weighted by Crippen LogP contribution is 2.31. The van der Waals surface area contributed by atoms with Crippen molar-refractivity contribution in [2.45, 2.75) is 26.3 Å². The number of ether oxygens (including phenoxy) is 2. The molecule has 158 valence electrons. The Morgan fingerprint density at radius 2 is 1.79 bits per heavy atom. The lowest BCUT2D eigenvalue weighted by Gasteiger charge is -2.30. The van der Waals surface area contributed by atoms with Gasteiger partial charge in [-0.2, -0.15) is 0 Å². The summed E-state index contributed by atoms with van der Waals surface area (Å²) in [6.07, 6.45) is 1.32. The number of nitrogens with one attached hydrogen (secondary N) is 1. The van der Waals surface area contributed by atoms with Crippen LogP contribution in [0.25, 0.3) is 0 Å². The highest BCUT2D eigenvalue weighted by molar-refractivity contribution is 7.92. The monoisotopic (exact) mass is 440 g/mol. The molecule has 0 bridgehead atoms. The van der Waals surface area contributed by atoms with Crippen molar-refractivity contribution in [2.24, 2.45) is 0 Å². The maximum atomic E-state index is 13.0. The molecule has 7 nitrogen and oxygen atoms in total. The molecular weight excluding hydrogens is 416 g/mol. The van der Waals surface area contributed by atoms with E-state index in [4.69, 9.17) is 21.1 Å². The number of carbonyl (C=O) groups excluding carboxylic acids is 1. The number of amides is 1. The van der Waals surface area contributed by atoms with Gasteiger partial charge in [0.15, 0.2) is 11.5 Å². The minimum absolute atomic E-state index is 0.262. The second kappa shape index (κ2) is 9.37. The van der Waals surface area contributed by atoms with E-state index >= 15 is 0 Å². The van der Waals surface area contributed by atoms with Gasteiger partial charge in [-0.3, -0.25) is 9.10 Å². The first kappa shape index (κ1) is 22.8. The highest BCUT2D eigenvalue weighted by atomic mass is 35.5. The van der Waals surface area contributed by atoms with Crippen molar-refractivity contribution in [3.63, 3.8) is 0 Å². The lowest BCUT2D eigenvalue weighted by molar-refractivity contribution is -0.117. The Bertz CT molecular complexity index is 994. The third-order valence-corrected chi connectivity index (χ3v) is 5.98. The summed E-state index contributed by atoms with van der Waals surface area (Å²) in [6, 6.07) is 8.85. The van der Waals surface area contributed by atoms with Crippen molar-refractivity contribution in [1.82, 2.24) is 0 Å². The SMILES string of the molecule is CC[C@@H](C(=O)Nc1ccc(OC)c(OC)c1)N(c1ccc(C)c(Cl)c1)S(C)(=O)=O.